The van der Waals surface area contributed by atoms with Gasteiger partial charge in [0.25, 0.3) is 5.91 Å². The van der Waals surface area contributed by atoms with Crippen LogP contribution in [0.15, 0.2) is 18.2 Å². The molecule has 0 spiro atoms. The van der Waals surface area contributed by atoms with E-state index in [1.165, 1.54) is 6.07 Å². The highest BCUT2D eigenvalue weighted by atomic mass is 19.1. The molecular formula is C15H23FN2O. The Morgan fingerprint density at radius 3 is 2.63 bits per heavy atom. The lowest BCUT2D eigenvalue weighted by atomic mass is 10.1. The molecule has 0 unspecified atom stereocenters. The molecular weight excluding hydrogens is 243 g/mol. The Kier molecular flexibility index (Phi) is 6.93. The molecule has 0 aliphatic carbocycles. The van der Waals surface area contributed by atoms with E-state index in [2.05, 4.69) is 17.6 Å². The standard InChI is InChI=1S/C15H23FN2O/c1-3-5-6-11-18-15(19)12-8-7-9-13(16)14(12)17-10-4-2/h7-9,17H,3-6,10-11H2,1-2H3,(H,18,19). The number of hydrogen-bond donors (Lipinski definition) is 2. The first-order valence-corrected chi connectivity index (χ1v) is 7.01. The summed E-state index contributed by atoms with van der Waals surface area (Å²) in [6.45, 7) is 5.40. The Hall–Kier alpha value is -1.58. The normalized spacial score (nSPS) is 10.3. The Labute approximate surface area is 114 Å². The number of halogens is 1. The third-order valence-electron chi connectivity index (χ3n) is 2.88. The maximum absolute atomic E-state index is 13.7. The largest absolute Gasteiger partial charge is 0.382 e. The van der Waals surface area contributed by atoms with Crippen molar-refractivity contribution in [3.8, 4) is 0 Å². The Bertz CT molecular complexity index is 407. The fourth-order valence-electron chi connectivity index (χ4n) is 1.82. The second-order valence-electron chi connectivity index (χ2n) is 4.55. The molecule has 1 rings (SSSR count). The summed E-state index contributed by atoms with van der Waals surface area (Å²) in [6.07, 6.45) is 4.03. The molecule has 0 saturated heterocycles. The number of amides is 1. The number of carbonyl (C=O) groups is 1. The van der Waals surface area contributed by atoms with Gasteiger partial charge in [0, 0.05) is 13.1 Å². The van der Waals surface area contributed by atoms with Gasteiger partial charge in [-0.1, -0.05) is 32.8 Å². The molecule has 1 aromatic carbocycles. The van der Waals surface area contributed by atoms with Crippen LogP contribution < -0.4 is 10.6 Å². The minimum absolute atomic E-state index is 0.214. The summed E-state index contributed by atoms with van der Waals surface area (Å²) in [5, 5.41) is 5.81. The molecule has 0 bridgehead atoms. The molecule has 19 heavy (non-hydrogen) atoms. The third kappa shape index (κ3) is 4.89. The second-order valence-corrected chi connectivity index (χ2v) is 4.55. The average molecular weight is 266 g/mol. The van der Waals surface area contributed by atoms with Gasteiger partial charge in [-0.2, -0.15) is 0 Å². The molecule has 0 aliphatic rings. The van der Waals surface area contributed by atoms with Gasteiger partial charge >= 0.3 is 0 Å². The minimum atomic E-state index is -0.380. The number of anilines is 1. The molecule has 0 aromatic heterocycles. The van der Waals surface area contributed by atoms with Crippen molar-refractivity contribution in [2.75, 3.05) is 18.4 Å². The van der Waals surface area contributed by atoms with Crippen molar-refractivity contribution in [2.45, 2.75) is 39.5 Å². The first kappa shape index (κ1) is 15.5. The van der Waals surface area contributed by atoms with Gasteiger partial charge in [-0.15, -0.1) is 0 Å². The van der Waals surface area contributed by atoms with E-state index in [4.69, 9.17) is 0 Å². The fraction of sp³-hybridized carbons (Fsp3) is 0.533. The lowest BCUT2D eigenvalue weighted by molar-refractivity contribution is 0.0953. The van der Waals surface area contributed by atoms with Crippen LogP contribution in [0.1, 0.15) is 49.9 Å². The zero-order chi connectivity index (χ0) is 14.1. The van der Waals surface area contributed by atoms with E-state index in [1.807, 2.05) is 6.92 Å². The Balaban J connectivity index is 2.69. The van der Waals surface area contributed by atoms with Gasteiger partial charge in [-0.05, 0) is 25.0 Å². The van der Waals surface area contributed by atoms with E-state index in [9.17, 15) is 9.18 Å². The molecule has 0 heterocycles. The van der Waals surface area contributed by atoms with Crippen molar-refractivity contribution in [3.05, 3.63) is 29.6 Å². The van der Waals surface area contributed by atoms with Gasteiger partial charge in [-0.25, -0.2) is 4.39 Å². The number of unbranched alkanes of at least 4 members (excludes halogenated alkanes) is 2. The van der Waals surface area contributed by atoms with Gasteiger partial charge in [0.15, 0.2) is 0 Å². The van der Waals surface area contributed by atoms with Crippen LogP contribution in [0.4, 0.5) is 10.1 Å². The molecule has 0 aliphatic heterocycles. The average Bonchev–Trinajstić information content (AvgIpc) is 2.42. The van der Waals surface area contributed by atoms with Crippen molar-refractivity contribution >= 4 is 11.6 Å². The molecule has 4 heteroatoms. The zero-order valence-electron chi connectivity index (χ0n) is 11.8. The number of rotatable bonds is 8. The van der Waals surface area contributed by atoms with Crippen LogP contribution in [0, 0.1) is 5.82 Å². The van der Waals surface area contributed by atoms with Crippen molar-refractivity contribution in [1.29, 1.82) is 0 Å². The van der Waals surface area contributed by atoms with Crippen molar-refractivity contribution in [1.82, 2.24) is 5.32 Å². The van der Waals surface area contributed by atoms with E-state index in [0.717, 1.165) is 25.7 Å². The molecule has 0 radical (unpaired) electrons. The van der Waals surface area contributed by atoms with Gasteiger partial charge < -0.3 is 10.6 Å². The molecule has 1 aromatic rings. The van der Waals surface area contributed by atoms with Gasteiger partial charge in [0.2, 0.25) is 0 Å². The molecule has 2 N–H and O–H groups in total. The van der Waals surface area contributed by atoms with Crippen molar-refractivity contribution < 1.29 is 9.18 Å². The summed E-state index contributed by atoms with van der Waals surface area (Å²) in [7, 11) is 0. The number of nitrogens with one attached hydrogen (secondary N) is 2. The van der Waals surface area contributed by atoms with E-state index < -0.39 is 0 Å². The molecule has 106 valence electrons. The maximum Gasteiger partial charge on any atom is 0.253 e. The van der Waals surface area contributed by atoms with Crippen LogP contribution in [-0.4, -0.2) is 19.0 Å². The van der Waals surface area contributed by atoms with E-state index >= 15 is 0 Å². The van der Waals surface area contributed by atoms with Gasteiger partial charge in [0.05, 0.1) is 11.3 Å². The zero-order valence-corrected chi connectivity index (χ0v) is 11.8. The summed E-state index contributed by atoms with van der Waals surface area (Å²) < 4.78 is 13.7. The first-order chi connectivity index (χ1) is 9.20. The maximum atomic E-state index is 13.7. The minimum Gasteiger partial charge on any atom is -0.382 e. The summed E-state index contributed by atoms with van der Waals surface area (Å²) in [4.78, 5) is 12.0. The highest BCUT2D eigenvalue weighted by molar-refractivity contribution is 5.99. The monoisotopic (exact) mass is 266 g/mol. The predicted molar refractivity (Wildman–Crippen MR) is 77.0 cm³/mol. The second kappa shape index (κ2) is 8.51. The quantitative estimate of drug-likeness (QED) is 0.706. The van der Waals surface area contributed by atoms with Crippen LogP contribution >= 0.6 is 0 Å². The molecule has 0 saturated carbocycles. The summed E-state index contributed by atoms with van der Waals surface area (Å²) in [6, 6.07) is 4.58. The van der Waals surface area contributed by atoms with Gasteiger partial charge in [0.1, 0.15) is 5.82 Å². The lowest BCUT2D eigenvalue weighted by Crippen LogP contribution is -2.25. The fourth-order valence-corrected chi connectivity index (χ4v) is 1.82. The summed E-state index contributed by atoms with van der Waals surface area (Å²) in [5.74, 6) is -0.594. The van der Waals surface area contributed by atoms with Crippen LogP contribution in [0.2, 0.25) is 0 Å². The third-order valence-corrected chi connectivity index (χ3v) is 2.88. The Morgan fingerprint density at radius 2 is 1.95 bits per heavy atom. The predicted octanol–water partition coefficient (Wildman–Crippen LogP) is 3.57. The number of benzene rings is 1. The highest BCUT2D eigenvalue weighted by Gasteiger charge is 2.14. The van der Waals surface area contributed by atoms with Gasteiger partial charge in [-0.3, -0.25) is 4.79 Å². The number of hydrogen-bond acceptors (Lipinski definition) is 2. The van der Waals surface area contributed by atoms with Crippen molar-refractivity contribution in [2.24, 2.45) is 0 Å². The van der Waals surface area contributed by atoms with Crippen LogP contribution in [0.3, 0.4) is 0 Å². The Morgan fingerprint density at radius 1 is 1.16 bits per heavy atom. The van der Waals surface area contributed by atoms with Crippen LogP contribution in [0.25, 0.3) is 0 Å². The SMILES string of the molecule is CCCCCNC(=O)c1cccc(F)c1NCCC. The molecule has 3 nitrogen and oxygen atoms in total. The van der Waals surface area contributed by atoms with Crippen molar-refractivity contribution in [3.63, 3.8) is 0 Å². The van der Waals surface area contributed by atoms with E-state index in [-0.39, 0.29) is 11.7 Å². The lowest BCUT2D eigenvalue weighted by Gasteiger charge is -2.12. The molecule has 0 fully saturated rings. The number of carbonyl (C=O) groups excluding carboxylic acids is 1. The topological polar surface area (TPSA) is 41.1 Å². The summed E-state index contributed by atoms with van der Waals surface area (Å²) >= 11 is 0. The first-order valence-electron chi connectivity index (χ1n) is 7.01. The molecule has 0 atom stereocenters. The van der Waals surface area contributed by atoms with Crippen LogP contribution in [-0.2, 0) is 0 Å². The number of para-hydroxylation sites is 1. The highest BCUT2D eigenvalue weighted by Crippen LogP contribution is 2.19. The summed E-state index contributed by atoms with van der Waals surface area (Å²) in [5.41, 5.74) is 0.683. The van der Waals surface area contributed by atoms with E-state index in [0.29, 0.717) is 24.3 Å². The van der Waals surface area contributed by atoms with E-state index in [1.54, 1.807) is 12.1 Å². The van der Waals surface area contributed by atoms with Crippen LogP contribution in [0.5, 0.6) is 0 Å². The molecule has 1 amide bonds. The smallest absolute Gasteiger partial charge is 0.253 e.